The largest absolute Gasteiger partial charge is 0.487 e. The van der Waals surface area contributed by atoms with Crippen LogP contribution in [0.3, 0.4) is 0 Å². The summed E-state index contributed by atoms with van der Waals surface area (Å²) in [5.41, 5.74) is 2.66. The first-order valence-corrected chi connectivity index (χ1v) is 12.7. The molecule has 0 aliphatic heterocycles. The van der Waals surface area contributed by atoms with Gasteiger partial charge in [0.2, 0.25) is 0 Å². The smallest absolute Gasteiger partial charge is 0.335 e. The molecule has 1 unspecified atom stereocenters. The van der Waals surface area contributed by atoms with E-state index in [1.807, 2.05) is 0 Å². The summed E-state index contributed by atoms with van der Waals surface area (Å²) >= 11 is 0. The second kappa shape index (κ2) is 10.2. The Labute approximate surface area is 207 Å². The number of hydrogen-bond acceptors (Lipinski definition) is 4. The Morgan fingerprint density at radius 1 is 1.03 bits per heavy atom. The zero-order valence-corrected chi connectivity index (χ0v) is 20.2. The summed E-state index contributed by atoms with van der Waals surface area (Å²) < 4.78 is 75.8. The van der Waals surface area contributed by atoms with E-state index in [0.717, 1.165) is 28.3 Å². The minimum Gasteiger partial charge on any atom is -0.487 e. The zero-order chi connectivity index (χ0) is 26.0. The van der Waals surface area contributed by atoms with Gasteiger partial charge in [-0.1, -0.05) is 12.1 Å². The van der Waals surface area contributed by atoms with Gasteiger partial charge in [0, 0.05) is 6.07 Å². The molecule has 1 atom stereocenters. The molecule has 0 spiro atoms. The summed E-state index contributed by atoms with van der Waals surface area (Å²) in [6.07, 6.45) is 0.729. The van der Waals surface area contributed by atoms with E-state index in [1.54, 1.807) is 24.3 Å². The number of aryl methyl sites for hydroxylation is 2. The number of sulfonamides is 1. The second-order valence-corrected chi connectivity index (χ2v) is 10.5. The number of alkyl halides is 1. The van der Waals surface area contributed by atoms with Crippen LogP contribution in [0.2, 0.25) is 0 Å². The van der Waals surface area contributed by atoms with E-state index in [0.29, 0.717) is 30.2 Å². The number of ether oxygens (including phenoxy) is 1. The Morgan fingerprint density at radius 2 is 1.64 bits per heavy atom. The quantitative estimate of drug-likeness (QED) is 0.416. The number of hydrogen-bond donors (Lipinski definition) is 1. The average molecular weight is 520 g/mol. The lowest BCUT2D eigenvalue weighted by atomic mass is 10.1. The molecule has 1 aliphatic rings. The van der Waals surface area contributed by atoms with E-state index < -0.39 is 45.2 Å². The van der Waals surface area contributed by atoms with Crippen molar-refractivity contribution in [2.75, 3.05) is 10.8 Å². The van der Waals surface area contributed by atoms with Crippen molar-refractivity contribution in [2.24, 2.45) is 0 Å². The lowest BCUT2D eigenvalue weighted by Crippen LogP contribution is -2.36. The van der Waals surface area contributed by atoms with E-state index in [9.17, 15) is 26.4 Å². The zero-order valence-electron chi connectivity index (χ0n) is 19.4. The number of anilines is 1. The van der Waals surface area contributed by atoms with Gasteiger partial charge in [-0.2, -0.15) is 0 Å². The topological polar surface area (TPSA) is 83.9 Å². The number of fused-ring (bicyclic) bond motifs is 1. The highest BCUT2D eigenvalue weighted by Gasteiger charge is 2.31. The molecule has 3 aromatic carbocycles. The van der Waals surface area contributed by atoms with Crippen LogP contribution in [-0.2, 0) is 29.5 Å². The maximum Gasteiger partial charge on any atom is 0.335 e. The predicted octanol–water partition coefficient (Wildman–Crippen LogP) is 5.28. The molecule has 36 heavy (non-hydrogen) atoms. The predicted molar refractivity (Wildman–Crippen MR) is 128 cm³/mol. The Kier molecular flexibility index (Phi) is 7.26. The Morgan fingerprint density at radius 3 is 2.22 bits per heavy atom. The first-order chi connectivity index (χ1) is 17.0. The Bertz CT molecular complexity index is 1370. The van der Waals surface area contributed by atoms with Crippen LogP contribution >= 0.6 is 0 Å². The van der Waals surface area contributed by atoms with Crippen LogP contribution in [0, 0.1) is 11.6 Å². The molecule has 0 fully saturated rings. The van der Waals surface area contributed by atoms with Crippen LogP contribution in [-0.4, -0.2) is 32.2 Å². The fourth-order valence-corrected chi connectivity index (χ4v) is 5.74. The van der Waals surface area contributed by atoms with Gasteiger partial charge < -0.3 is 9.84 Å². The van der Waals surface area contributed by atoms with Crippen LogP contribution in [0.1, 0.15) is 40.4 Å². The molecule has 10 heteroatoms. The first-order valence-electron chi connectivity index (χ1n) is 11.3. The number of carbonyl (C=O) groups is 1. The molecule has 0 heterocycles. The molecule has 6 nitrogen and oxygen atoms in total. The number of nitrogens with zero attached hydrogens (tertiary/aromatic N) is 1. The van der Waals surface area contributed by atoms with Crippen molar-refractivity contribution in [1.82, 2.24) is 0 Å². The number of halogens is 3. The van der Waals surface area contributed by atoms with Crippen molar-refractivity contribution < 1.29 is 36.2 Å². The van der Waals surface area contributed by atoms with Crippen molar-refractivity contribution in [3.63, 3.8) is 0 Å². The number of benzene rings is 3. The van der Waals surface area contributed by atoms with Gasteiger partial charge in [0.25, 0.3) is 10.0 Å². The van der Waals surface area contributed by atoms with Crippen LogP contribution in [0.25, 0.3) is 0 Å². The number of carboxylic acids is 1. The van der Waals surface area contributed by atoms with Crippen molar-refractivity contribution >= 4 is 21.7 Å². The van der Waals surface area contributed by atoms with E-state index in [-0.39, 0.29) is 23.6 Å². The molecule has 0 radical (unpaired) electrons. The molecule has 1 N–H and O–H groups in total. The van der Waals surface area contributed by atoms with Gasteiger partial charge >= 0.3 is 5.97 Å². The van der Waals surface area contributed by atoms with Gasteiger partial charge in [-0.05, 0) is 79.3 Å². The number of rotatable bonds is 9. The SMILES string of the molecule is CC(F)CN(c1cc2c(cc1OCc1ccc(C(=O)O)cc1)CCC2)S(=O)(=O)c1cc(F)cc(F)c1. The average Bonchev–Trinajstić information content (AvgIpc) is 3.27. The Hall–Kier alpha value is -3.53. The fourth-order valence-electron chi connectivity index (χ4n) is 4.16. The van der Waals surface area contributed by atoms with E-state index in [4.69, 9.17) is 9.84 Å². The summed E-state index contributed by atoms with van der Waals surface area (Å²) in [6, 6.07) is 11.3. The lowest BCUT2D eigenvalue weighted by molar-refractivity contribution is 0.0696. The number of carboxylic acid groups (broad SMARTS) is 1. The maximum atomic E-state index is 14.3. The lowest BCUT2D eigenvalue weighted by Gasteiger charge is -2.28. The Balaban J connectivity index is 1.76. The highest BCUT2D eigenvalue weighted by Crippen LogP contribution is 2.39. The highest BCUT2D eigenvalue weighted by atomic mass is 32.2. The molecular formula is C26H24F3NO5S. The molecule has 0 saturated carbocycles. The van der Waals surface area contributed by atoms with Crippen molar-refractivity contribution in [3.8, 4) is 5.75 Å². The summed E-state index contributed by atoms with van der Waals surface area (Å²) in [4.78, 5) is 10.4. The van der Waals surface area contributed by atoms with Crippen LogP contribution in [0.5, 0.6) is 5.75 Å². The summed E-state index contributed by atoms with van der Waals surface area (Å²) in [5, 5.41) is 9.08. The molecular weight excluding hydrogens is 495 g/mol. The third-order valence-electron chi connectivity index (χ3n) is 5.88. The van der Waals surface area contributed by atoms with Crippen LogP contribution in [0.4, 0.5) is 18.9 Å². The third kappa shape index (κ3) is 5.48. The summed E-state index contributed by atoms with van der Waals surface area (Å²) in [7, 11) is -4.56. The maximum absolute atomic E-state index is 14.3. The van der Waals surface area contributed by atoms with Gasteiger partial charge in [-0.25, -0.2) is 26.4 Å². The van der Waals surface area contributed by atoms with Crippen molar-refractivity contribution in [3.05, 3.63) is 88.5 Å². The molecule has 190 valence electrons. The fraction of sp³-hybridized carbons (Fsp3) is 0.269. The highest BCUT2D eigenvalue weighted by molar-refractivity contribution is 7.92. The molecule has 4 rings (SSSR count). The first kappa shape index (κ1) is 25.6. The van der Waals surface area contributed by atoms with E-state index in [2.05, 4.69) is 0 Å². The molecule has 0 saturated heterocycles. The molecule has 3 aromatic rings. The molecule has 0 amide bonds. The standard InChI is InChI=1S/C26H24F3NO5S/c1-16(27)14-30(36(33,34)23-12-21(28)11-22(29)13-23)24-9-19-3-2-4-20(19)10-25(24)35-15-17-5-7-18(8-6-17)26(31)32/h5-13,16H,2-4,14-15H2,1H3,(H,31,32). The van der Waals surface area contributed by atoms with E-state index in [1.165, 1.54) is 19.1 Å². The second-order valence-electron chi connectivity index (χ2n) is 8.66. The van der Waals surface area contributed by atoms with Crippen LogP contribution < -0.4 is 9.04 Å². The van der Waals surface area contributed by atoms with Gasteiger partial charge in [-0.15, -0.1) is 0 Å². The van der Waals surface area contributed by atoms with Crippen LogP contribution in [0.15, 0.2) is 59.5 Å². The van der Waals surface area contributed by atoms with Gasteiger partial charge in [0.1, 0.15) is 30.2 Å². The van der Waals surface area contributed by atoms with Gasteiger partial charge in [0.15, 0.2) is 0 Å². The van der Waals surface area contributed by atoms with E-state index >= 15 is 0 Å². The van der Waals surface area contributed by atoms with Crippen molar-refractivity contribution in [2.45, 2.75) is 43.9 Å². The summed E-state index contributed by atoms with van der Waals surface area (Å²) in [6.45, 7) is 0.578. The molecule has 0 bridgehead atoms. The van der Waals surface area contributed by atoms with Crippen molar-refractivity contribution in [1.29, 1.82) is 0 Å². The summed E-state index contributed by atoms with van der Waals surface area (Å²) in [5.74, 6) is -3.05. The third-order valence-corrected chi connectivity index (χ3v) is 7.64. The minimum absolute atomic E-state index is 0.0145. The minimum atomic E-state index is -4.56. The monoisotopic (exact) mass is 519 g/mol. The number of aromatic carboxylic acids is 1. The molecule has 0 aromatic heterocycles. The van der Waals surface area contributed by atoms with Gasteiger partial charge in [0.05, 0.1) is 22.7 Å². The van der Waals surface area contributed by atoms with Gasteiger partial charge in [-0.3, -0.25) is 4.31 Å². The molecule has 1 aliphatic carbocycles. The normalized spacial score (nSPS) is 13.8.